The number of amides is 1. The zero-order chi connectivity index (χ0) is 24.8. The third kappa shape index (κ3) is 5.09. The highest BCUT2D eigenvalue weighted by molar-refractivity contribution is 5.83. The summed E-state index contributed by atoms with van der Waals surface area (Å²) in [5.41, 5.74) is 5.33. The summed E-state index contributed by atoms with van der Waals surface area (Å²) in [6.45, 7) is 5.34. The number of rotatable bonds is 8. The Hall–Kier alpha value is -3.72. The maximum Gasteiger partial charge on any atom is 0.225 e. The van der Waals surface area contributed by atoms with Gasteiger partial charge in [0.15, 0.2) is 0 Å². The van der Waals surface area contributed by atoms with E-state index in [0.29, 0.717) is 17.8 Å². The molecule has 1 aromatic carbocycles. The highest BCUT2D eigenvalue weighted by atomic mass is 16.2. The van der Waals surface area contributed by atoms with Gasteiger partial charge in [-0.3, -0.25) is 14.4 Å². The van der Waals surface area contributed by atoms with Crippen molar-refractivity contribution in [1.82, 2.24) is 34.5 Å². The summed E-state index contributed by atoms with van der Waals surface area (Å²) in [6.07, 6.45) is 10.7. The van der Waals surface area contributed by atoms with E-state index in [1.165, 1.54) is 18.4 Å². The van der Waals surface area contributed by atoms with Crippen molar-refractivity contribution in [2.24, 2.45) is 11.8 Å². The van der Waals surface area contributed by atoms with Crippen molar-refractivity contribution in [3.63, 3.8) is 0 Å². The molecule has 1 aliphatic heterocycles. The minimum absolute atomic E-state index is 0.307. The second kappa shape index (κ2) is 9.30. The Balaban J connectivity index is 0.996. The smallest absolute Gasteiger partial charge is 0.225 e. The molecule has 0 bridgehead atoms. The van der Waals surface area contributed by atoms with Crippen LogP contribution in [0.2, 0.25) is 0 Å². The minimum atomic E-state index is 0.307. The molecule has 4 aromatic rings. The van der Waals surface area contributed by atoms with E-state index in [1.807, 2.05) is 23.4 Å². The predicted octanol–water partition coefficient (Wildman–Crippen LogP) is 4.03. The van der Waals surface area contributed by atoms with E-state index in [-0.39, 0.29) is 0 Å². The number of nitrogens with one attached hydrogen (secondary N) is 2. The molecule has 1 amide bonds. The van der Waals surface area contributed by atoms with Gasteiger partial charge in [-0.2, -0.15) is 5.10 Å². The van der Waals surface area contributed by atoms with Crippen LogP contribution >= 0.6 is 0 Å². The van der Waals surface area contributed by atoms with Gasteiger partial charge in [0.05, 0.1) is 17.2 Å². The summed E-state index contributed by atoms with van der Waals surface area (Å²) >= 11 is 0. The normalized spacial score (nSPS) is 18.4. The molecule has 4 heterocycles. The Morgan fingerprint density at radius 1 is 1.03 bits per heavy atom. The second-order valence-electron chi connectivity index (χ2n) is 10.8. The van der Waals surface area contributed by atoms with E-state index >= 15 is 0 Å². The van der Waals surface area contributed by atoms with Crippen molar-refractivity contribution < 1.29 is 4.79 Å². The van der Waals surface area contributed by atoms with Crippen LogP contribution in [0.1, 0.15) is 31.2 Å². The van der Waals surface area contributed by atoms with Gasteiger partial charge in [-0.25, -0.2) is 9.97 Å². The summed E-state index contributed by atoms with van der Waals surface area (Å²) in [4.78, 5) is 29.4. The van der Waals surface area contributed by atoms with Crippen molar-refractivity contribution in [3.8, 4) is 11.1 Å². The Kier molecular flexibility index (Phi) is 5.65. The van der Waals surface area contributed by atoms with Crippen LogP contribution in [0.3, 0.4) is 0 Å². The number of piperazine rings is 1. The molecule has 7 rings (SSSR count). The van der Waals surface area contributed by atoms with Crippen LogP contribution in [-0.4, -0.2) is 66.6 Å². The van der Waals surface area contributed by atoms with Gasteiger partial charge in [0, 0.05) is 63.1 Å². The number of carbonyl (C=O) groups is 1. The van der Waals surface area contributed by atoms with Gasteiger partial charge >= 0.3 is 0 Å². The molecule has 3 aromatic heterocycles. The molecule has 9 heteroatoms. The lowest BCUT2D eigenvalue weighted by Crippen LogP contribution is -2.48. The van der Waals surface area contributed by atoms with Crippen LogP contribution in [0.15, 0.2) is 48.9 Å². The van der Waals surface area contributed by atoms with Gasteiger partial charge in [-0.15, -0.1) is 0 Å². The molecule has 0 atom stereocenters. The van der Waals surface area contributed by atoms with Gasteiger partial charge in [0.1, 0.15) is 5.82 Å². The lowest BCUT2D eigenvalue weighted by atomic mass is 10.1. The monoisotopic (exact) mass is 496 g/mol. The SMILES string of the molecule is O=C(C1CC1)N1CCN(Cc2ccnc(Nc3nc4ccc(-c5cnn(CC6CC6)c5)cc4[nH]3)c2)CC1. The Morgan fingerprint density at radius 3 is 2.70 bits per heavy atom. The van der Waals surface area contributed by atoms with Crippen LogP contribution in [0.25, 0.3) is 22.2 Å². The molecule has 37 heavy (non-hydrogen) atoms. The molecule has 0 spiro atoms. The van der Waals surface area contributed by atoms with E-state index in [1.54, 1.807) is 0 Å². The molecule has 3 aliphatic rings. The number of imidazole rings is 1. The Morgan fingerprint density at radius 2 is 1.89 bits per heavy atom. The highest BCUT2D eigenvalue weighted by Gasteiger charge is 2.34. The van der Waals surface area contributed by atoms with Gasteiger partial charge in [0.25, 0.3) is 0 Å². The topological polar surface area (TPSA) is 95.0 Å². The molecule has 2 N–H and O–H groups in total. The van der Waals surface area contributed by atoms with Crippen molar-refractivity contribution in [3.05, 3.63) is 54.5 Å². The van der Waals surface area contributed by atoms with Crippen LogP contribution in [0, 0.1) is 11.8 Å². The van der Waals surface area contributed by atoms with E-state index in [9.17, 15) is 4.79 Å². The number of aromatic nitrogens is 5. The molecule has 2 aliphatic carbocycles. The quantitative estimate of drug-likeness (QED) is 0.383. The van der Waals surface area contributed by atoms with Crippen molar-refractivity contribution in [2.45, 2.75) is 38.8 Å². The molecular weight excluding hydrogens is 464 g/mol. The minimum Gasteiger partial charge on any atom is -0.340 e. The molecule has 2 saturated carbocycles. The fourth-order valence-corrected chi connectivity index (χ4v) is 5.16. The molecule has 3 fully saturated rings. The number of carbonyl (C=O) groups excluding carboxylic acids is 1. The van der Waals surface area contributed by atoms with E-state index in [0.717, 1.165) is 86.0 Å². The number of nitrogens with zero attached hydrogens (tertiary/aromatic N) is 6. The zero-order valence-corrected chi connectivity index (χ0v) is 20.9. The Labute approximate surface area is 215 Å². The average Bonchev–Trinajstić information content (AvgIpc) is 3.83. The number of aromatic amines is 1. The van der Waals surface area contributed by atoms with Gasteiger partial charge < -0.3 is 15.2 Å². The third-order valence-corrected chi connectivity index (χ3v) is 7.68. The zero-order valence-electron chi connectivity index (χ0n) is 20.9. The van der Waals surface area contributed by atoms with Crippen LogP contribution in [0.5, 0.6) is 0 Å². The molecular formula is C28H32N8O. The van der Waals surface area contributed by atoms with E-state index < -0.39 is 0 Å². The van der Waals surface area contributed by atoms with Crippen molar-refractivity contribution in [2.75, 3.05) is 31.5 Å². The van der Waals surface area contributed by atoms with Crippen LogP contribution < -0.4 is 5.32 Å². The van der Waals surface area contributed by atoms with E-state index in [2.05, 4.69) is 60.4 Å². The maximum atomic E-state index is 12.3. The number of fused-ring (bicyclic) bond motifs is 1. The maximum absolute atomic E-state index is 12.3. The second-order valence-corrected chi connectivity index (χ2v) is 10.8. The van der Waals surface area contributed by atoms with Gasteiger partial charge in [-0.05, 0) is 67.0 Å². The fraction of sp³-hybridized carbons (Fsp3) is 0.429. The van der Waals surface area contributed by atoms with Crippen LogP contribution in [0.4, 0.5) is 11.8 Å². The summed E-state index contributed by atoms with van der Waals surface area (Å²) < 4.78 is 2.06. The fourth-order valence-electron chi connectivity index (χ4n) is 5.16. The number of anilines is 2. The first kappa shape index (κ1) is 22.5. The average molecular weight is 497 g/mol. The summed E-state index contributed by atoms with van der Waals surface area (Å²) in [7, 11) is 0. The summed E-state index contributed by atoms with van der Waals surface area (Å²) in [5, 5.41) is 7.87. The first-order valence-electron chi connectivity index (χ1n) is 13.4. The molecule has 0 radical (unpaired) electrons. The number of pyridine rings is 1. The lowest BCUT2D eigenvalue weighted by molar-refractivity contribution is -0.134. The summed E-state index contributed by atoms with van der Waals surface area (Å²) in [5.74, 6) is 2.91. The lowest BCUT2D eigenvalue weighted by Gasteiger charge is -2.34. The standard InChI is InChI=1S/C28H32N8O/c37-27(21-3-4-21)35-11-9-34(10-12-35)16-20-7-8-29-26(13-20)33-28-31-24-6-5-22(14-25(24)32-28)23-15-30-36(18-23)17-19-1-2-19/h5-8,13-15,18-19,21H,1-4,9-12,16-17H2,(H2,29,31,32,33). The first-order chi connectivity index (χ1) is 18.2. The van der Waals surface area contributed by atoms with Gasteiger partial charge in [-0.1, -0.05) is 6.07 Å². The number of hydrogen-bond donors (Lipinski definition) is 2. The largest absolute Gasteiger partial charge is 0.340 e. The number of hydrogen-bond acceptors (Lipinski definition) is 6. The first-order valence-corrected chi connectivity index (χ1v) is 13.4. The molecule has 9 nitrogen and oxygen atoms in total. The summed E-state index contributed by atoms with van der Waals surface area (Å²) in [6, 6.07) is 10.4. The number of benzene rings is 1. The Bertz CT molecular complexity index is 1420. The van der Waals surface area contributed by atoms with E-state index in [4.69, 9.17) is 4.98 Å². The molecule has 1 saturated heterocycles. The number of H-pyrrole nitrogens is 1. The van der Waals surface area contributed by atoms with Crippen molar-refractivity contribution in [1.29, 1.82) is 0 Å². The highest BCUT2D eigenvalue weighted by Crippen LogP contribution is 2.32. The van der Waals surface area contributed by atoms with Crippen molar-refractivity contribution >= 4 is 28.7 Å². The molecule has 0 unspecified atom stereocenters. The predicted molar refractivity (Wildman–Crippen MR) is 142 cm³/mol. The van der Waals surface area contributed by atoms with Gasteiger partial charge in [0.2, 0.25) is 11.9 Å². The van der Waals surface area contributed by atoms with Crippen LogP contribution in [-0.2, 0) is 17.9 Å². The molecule has 190 valence electrons. The third-order valence-electron chi connectivity index (χ3n) is 7.68.